The van der Waals surface area contributed by atoms with Gasteiger partial charge in [-0.3, -0.25) is 0 Å². The van der Waals surface area contributed by atoms with Gasteiger partial charge in [0.1, 0.15) is 5.54 Å². The van der Waals surface area contributed by atoms with Crippen molar-refractivity contribution in [2.24, 2.45) is 5.92 Å². The van der Waals surface area contributed by atoms with E-state index in [9.17, 15) is 4.79 Å². The fourth-order valence-corrected chi connectivity index (χ4v) is 3.38. The van der Waals surface area contributed by atoms with Crippen molar-refractivity contribution in [3.63, 3.8) is 0 Å². The second kappa shape index (κ2) is 6.49. The molecule has 0 heterocycles. The van der Waals surface area contributed by atoms with Crippen LogP contribution >= 0.6 is 11.6 Å². The summed E-state index contributed by atoms with van der Waals surface area (Å²) in [6.07, 6.45) is 5.08. The molecule has 110 valence electrons. The van der Waals surface area contributed by atoms with Crippen LogP contribution in [-0.4, -0.2) is 18.6 Å². The van der Waals surface area contributed by atoms with Crippen LogP contribution in [0.4, 0.5) is 5.69 Å². The average Bonchev–Trinajstić information content (AvgIpc) is 2.49. The maximum absolute atomic E-state index is 12.4. The minimum Gasteiger partial charge on any atom is -0.467 e. The van der Waals surface area contributed by atoms with E-state index in [1.165, 1.54) is 13.5 Å². The molecule has 1 N–H and O–H groups in total. The van der Waals surface area contributed by atoms with Gasteiger partial charge in [0.05, 0.1) is 7.11 Å². The Hall–Kier alpha value is -1.22. The van der Waals surface area contributed by atoms with Crippen LogP contribution < -0.4 is 5.32 Å². The van der Waals surface area contributed by atoms with E-state index >= 15 is 0 Å². The fourth-order valence-electron chi connectivity index (χ4n) is 3.25. The van der Waals surface area contributed by atoms with Gasteiger partial charge in [-0.05, 0) is 43.0 Å². The Morgan fingerprint density at radius 3 is 2.70 bits per heavy atom. The number of rotatable bonds is 4. The number of hydrogen-bond acceptors (Lipinski definition) is 3. The summed E-state index contributed by atoms with van der Waals surface area (Å²) in [4.78, 5) is 12.4. The van der Waals surface area contributed by atoms with Crippen LogP contribution in [0.1, 0.15) is 39.0 Å². The maximum Gasteiger partial charge on any atom is 0.331 e. The lowest BCUT2D eigenvalue weighted by Crippen LogP contribution is -2.54. The van der Waals surface area contributed by atoms with E-state index in [0.29, 0.717) is 10.9 Å². The Kier molecular flexibility index (Phi) is 4.92. The second-order valence-corrected chi connectivity index (χ2v) is 5.88. The zero-order chi connectivity index (χ0) is 14.6. The standard InChI is InChI=1S/C16H22ClNO2/c1-3-12-6-4-5-11-16(12,15(19)20-2)18-14-9-7-13(17)8-10-14/h7-10,12,18H,3-6,11H2,1-2H3. The van der Waals surface area contributed by atoms with Crippen molar-refractivity contribution in [1.29, 1.82) is 0 Å². The SMILES string of the molecule is CCC1CCCCC1(Nc1ccc(Cl)cc1)C(=O)OC. The number of anilines is 1. The van der Waals surface area contributed by atoms with Crippen LogP contribution in [0.5, 0.6) is 0 Å². The lowest BCUT2D eigenvalue weighted by atomic mass is 9.71. The molecule has 0 aromatic heterocycles. The third kappa shape index (κ3) is 2.93. The van der Waals surface area contributed by atoms with E-state index in [1.54, 1.807) is 0 Å². The van der Waals surface area contributed by atoms with Crippen LogP contribution in [0, 0.1) is 5.92 Å². The van der Waals surface area contributed by atoms with Crippen LogP contribution in [-0.2, 0) is 9.53 Å². The first-order valence-corrected chi connectivity index (χ1v) is 7.62. The van der Waals surface area contributed by atoms with Crippen LogP contribution in [0.3, 0.4) is 0 Å². The van der Waals surface area contributed by atoms with E-state index in [1.807, 2.05) is 24.3 Å². The van der Waals surface area contributed by atoms with Gasteiger partial charge in [-0.15, -0.1) is 0 Å². The van der Waals surface area contributed by atoms with Crippen molar-refractivity contribution >= 4 is 23.3 Å². The van der Waals surface area contributed by atoms with E-state index in [0.717, 1.165) is 31.4 Å². The number of hydrogen-bond donors (Lipinski definition) is 1. The predicted octanol–water partition coefficient (Wildman–Crippen LogP) is 4.26. The van der Waals surface area contributed by atoms with Gasteiger partial charge in [-0.2, -0.15) is 0 Å². The molecule has 2 atom stereocenters. The van der Waals surface area contributed by atoms with Crippen molar-refractivity contribution in [3.8, 4) is 0 Å². The lowest BCUT2D eigenvalue weighted by Gasteiger charge is -2.42. The third-order valence-electron chi connectivity index (χ3n) is 4.32. The monoisotopic (exact) mass is 295 g/mol. The molecule has 0 aliphatic heterocycles. The smallest absolute Gasteiger partial charge is 0.331 e. The van der Waals surface area contributed by atoms with Gasteiger partial charge in [0.25, 0.3) is 0 Å². The molecule has 0 bridgehead atoms. The Bertz CT molecular complexity index is 460. The topological polar surface area (TPSA) is 38.3 Å². The highest BCUT2D eigenvalue weighted by Gasteiger charge is 2.47. The molecule has 1 aromatic carbocycles. The number of ether oxygens (including phenoxy) is 1. The Labute approximate surface area is 125 Å². The summed E-state index contributed by atoms with van der Waals surface area (Å²) in [7, 11) is 1.47. The van der Waals surface area contributed by atoms with Gasteiger partial charge in [-0.1, -0.05) is 37.8 Å². The van der Waals surface area contributed by atoms with Gasteiger partial charge in [0.2, 0.25) is 0 Å². The average molecular weight is 296 g/mol. The van der Waals surface area contributed by atoms with E-state index < -0.39 is 5.54 Å². The highest BCUT2D eigenvalue weighted by molar-refractivity contribution is 6.30. The summed E-state index contributed by atoms with van der Waals surface area (Å²) in [5, 5.41) is 4.13. The lowest BCUT2D eigenvalue weighted by molar-refractivity contribution is -0.149. The molecule has 0 saturated heterocycles. The fraction of sp³-hybridized carbons (Fsp3) is 0.562. The highest BCUT2D eigenvalue weighted by Crippen LogP contribution is 2.39. The summed E-state index contributed by atoms with van der Waals surface area (Å²) in [5.41, 5.74) is 0.315. The van der Waals surface area contributed by atoms with E-state index in [4.69, 9.17) is 16.3 Å². The number of carbonyl (C=O) groups excluding carboxylic acids is 1. The van der Waals surface area contributed by atoms with Gasteiger partial charge in [0.15, 0.2) is 0 Å². The number of halogens is 1. The molecule has 20 heavy (non-hydrogen) atoms. The molecule has 1 aromatic rings. The van der Waals surface area contributed by atoms with Crippen molar-refractivity contribution < 1.29 is 9.53 Å². The molecule has 3 nitrogen and oxygen atoms in total. The molecule has 1 aliphatic carbocycles. The Morgan fingerprint density at radius 1 is 1.40 bits per heavy atom. The number of benzene rings is 1. The van der Waals surface area contributed by atoms with Gasteiger partial charge < -0.3 is 10.1 Å². The molecule has 0 radical (unpaired) electrons. The first kappa shape index (κ1) is 15.2. The van der Waals surface area contributed by atoms with E-state index in [-0.39, 0.29) is 5.97 Å². The van der Waals surface area contributed by atoms with Gasteiger partial charge in [-0.25, -0.2) is 4.79 Å². The molecule has 1 aliphatic rings. The maximum atomic E-state index is 12.4. The predicted molar refractivity (Wildman–Crippen MR) is 82.1 cm³/mol. The molecule has 1 saturated carbocycles. The summed E-state index contributed by atoms with van der Waals surface area (Å²) in [6.45, 7) is 2.14. The summed E-state index contributed by atoms with van der Waals surface area (Å²) >= 11 is 5.92. The molecule has 1 fully saturated rings. The second-order valence-electron chi connectivity index (χ2n) is 5.45. The molecule has 2 rings (SSSR count). The number of esters is 1. The van der Waals surface area contributed by atoms with Crippen molar-refractivity contribution in [2.45, 2.75) is 44.6 Å². The summed E-state index contributed by atoms with van der Waals surface area (Å²) in [6, 6.07) is 7.49. The van der Waals surface area contributed by atoms with Crippen LogP contribution in [0.15, 0.2) is 24.3 Å². The molecule has 0 amide bonds. The third-order valence-corrected chi connectivity index (χ3v) is 4.58. The van der Waals surface area contributed by atoms with Gasteiger partial charge >= 0.3 is 5.97 Å². The van der Waals surface area contributed by atoms with E-state index in [2.05, 4.69) is 12.2 Å². The first-order chi connectivity index (χ1) is 9.62. The largest absolute Gasteiger partial charge is 0.467 e. The van der Waals surface area contributed by atoms with Crippen LogP contribution in [0.25, 0.3) is 0 Å². The van der Waals surface area contributed by atoms with Gasteiger partial charge in [0, 0.05) is 10.7 Å². The molecular formula is C16H22ClNO2. The summed E-state index contributed by atoms with van der Waals surface area (Å²) < 4.78 is 5.09. The highest BCUT2D eigenvalue weighted by atomic mass is 35.5. The Morgan fingerprint density at radius 2 is 2.10 bits per heavy atom. The molecule has 2 unspecified atom stereocenters. The zero-order valence-electron chi connectivity index (χ0n) is 12.1. The molecular weight excluding hydrogens is 274 g/mol. The number of carbonyl (C=O) groups is 1. The zero-order valence-corrected chi connectivity index (χ0v) is 12.9. The number of methoxy groups -OCH3 is 1. The quantitative estimate of drug-likeness (QED) is 0.843. The number of nitrogens with one attached hydrogen (secondary N) is 1. The van der Waals surface area contributed by atoms with Crippen molar-refractivity contribution in [1.82, 2.24) is 0 Å². The molecule has 0 spiro atoms. The summed E-state index contributed by atoms with van der Waals surface area (Å²) in [5.74, 6) is 0.151. The minimum atomic E-state index is -0.602. The van der Waals surface area contributed by atoms with Crippen LogP contribution in [0.2, 0.25) is 5.02 Å². The normalized spacial score (nSPS) is 26.1. The molecule has 4 heteroatoms. The first-order valence-electron chi connectivity index (χ1n) is 7.24. The van der Waals surface area contributed by atoms with Crippen molar-refractivity contribution in [3.05, 3.63) is 29.3 Å². The van der Waals surface area contributed by atoms with Crippen molar-refractivity contribution in [2.75, 3.05) is 12.4 Å². The Balaban J connectivity index is 2.31. The minimum absolute atomic E-state index is 0.154.